The molecule has 3 atom stereocenters. The smallest absolute Gasteiger partial charge is 0.410 e. The molecule has 22 heavy (non-hydrogen) atoms. The quantitative estimate of drug-likeness (QED) is 0.751. The fourth-order valence-corrected chi connectivity index (χ4v) is 3.04. The number of rotatable bonds is 3. The van der Waals surface area contributed by atoms with Crippen molar-refractivity contribution in [2.45, 2.75) is 50.3 Å². The molecule has 122 valence electrons. The SMILES string of the molecule is CC(OC1CN(C(=O)OC(C)(C)C)CC1Br)c1ccccc1. The monoisotopic (exact) mass is 369 g/mol. The van der Waals surface area contributed by atoms with Gasteiger partial charge >= 0.3 is 6.09 Å². The van der Waals surface area contributed by atoms with Gasteiger partial charge in [-0.3, -0.25) is 0 Å². The van der Waals surface area contributed by atoms with E-state index in [0.717, 1.165) is 5.56 Å². The topological polar surface area (TPSA) is 38.8 Å². The molecule has 1 saturated heterocycles. The number of hydrogen-bond donors (Lipinski definition) is 0. The zero-order valence-corrected chi connectivity index (χ0v) is 15.2. The summed E-state index contributed by atoms with van der Waals surface area (Å²) in [5.41, 5.74) is 0.660. The van der Waals surface area contributed by atoms with E-state index in [1.165, 1.54) is 0 Å². The average Bonchev–Trinajstić information content (AvgIpc) is 2.79. The number of likely N-dealkylation sites (tertiary alicyclic amines) is 1. The third kappa shape index (κ3) is 4.71. The standard InChI is InChI=1S/C17H24BrNO3/c1-12(13-8-6-5-7-9-13)21-15-11-19(10-14(15)18)16(20)22-17(2,3)4/h5-9,12,14-15H,10-11H2,1-4H3. The summed E-state index contributed by atoms with van der Waals surface area (Å²) >= 11 is 3.62. The van der Waals surface area contributed by atoms with Gasteiger partial charge in [-0.15, -0.1) is 0 Å². The predicted octanol–water partition coefficient (Wildman–Crippen LogP) is 4.15. The fraction of sp³-hybridized carbons (Fsp3) is 0.588. The third-order valence-electron chi connectivity index (χ3n) is 3.50. The first-order valence-corrected chi connectivity index (χ1v) is 8.50. The highest BCUT2D eigenvalue weighted by Gasteiger charge is 2.37. The second-order valence-corrected chi connectivity index (χ2v) is 7.80. The Morgan fingerprint density at radius 3 is 2.50 bits per heavy atom. The number of amides is 1. The van der Waals surface area contributed by atoms with Crippen molar-refractivity contribution in [2.75, 3.05) is 13.1 Å². The Kier molecular flexibility index (Phi) is 5.50. The van der Waals surface area contributed by atoms with Crippen LogP contribution < -0.4 is 0 Å². The van der Waals surface area contributed by atoms with Crippen molar-refractivity contribution in [1.29, 1.82) is 0 Å². The van der Waals surface area contributed by atoms with E-state index in [0.29, 0.717) is 13.1 Å². The maximum Gasteiger partial charge on any atom is 0.410 e. The summed E-state index contributed by atoms with van der Waals surface area (Å²) in [6.07, 6.45) is -0.331. The molecule has 5 heteroatoms. The number of ether oxygens (including phenoxy) is 2. The van der Waals surface area contributed by atoms with Gasteiger partial charge in [0.15, 0.2) is 0 Å². The van der Waals surface area contributed by atoms with E-state index in [2.05, 4.69) is 28.1 Å². The Hall–Kier alpha value is -1.07. The highest BCUT2D eigenvalue weighted by Crippen LogP contribution is 2.27. The van der Waals surface area contributed by atoms with Crippen LogP contribution in [0.15, 0.2) is 30.3 Å². The van der Waals surface area contributed by atoms with Crippen molar-refractivity contribution in [3.63, 3.8) is 0 Å². The van der Waals surface area contributed by atoms with Crippen LogP contribution in [0.2, 0.25) is 0 Å². The number of alkyl halides is 1. The summed E-state index contributed by atoms with van der Waals surface area (Å²) in [6, 6.07) is 10.1. The maximum atomic E-state index is 12.1. The van der Waals surface area contributed by atoms with Gasteiger partial charge in [0, 0.05) is 6.54 Å². The Morgan fingerprint density at radius 2 is 1.91 bits per heavy atom. The molecule has 4 nitrogen and oxygen atoms in total. The molecule has 0 aliphatic carbocycles. The molecule has 0 bridgehead atoms. The summed E-state index contributed by atoms with van der Waals surface area (Å²) in [6.45, 7) is 8.79. The van der Waals surface area contributed by atoms with Crippen LogP contribution in [0.25, 0.3) is 0 Å². The highest BCUT2D eigenvalue weighted by molar-refractivity contribution is 9.09. The lowest BCUT2D eigenvalue weighted by molar-refractivity contribution is -0.00194. The second-order valence-electron chi connectivity index (χ2n) is 6.63. The zero-order chi connectivity index (χ0) is 16.3. The summed E-state index contributed by atoms with van der Waals surface area (Å²) in [4.78, 5) is 14.0. The van der Waals surface area contributed by atoms with E-state index < -0.39 is 5.60 Å². The van der Waals surface area contributed by atoms with Gasteiger partial charge in [0.2, 0.25) is 0 Å². The van der Waals surface area contributed by atoms with E-state index in [1.807, 2.05) is 45.9 Å². The van der Waals surface area contributed by atoms with Crippen molar-refractivity contribution >= 4 is 22.0 Å². The van der Waals surface area contributed by atoms with Gasteiger partial charge in [-0.1, -0.05) is 46.3 Å². The lowest BCUT2D eigenvalue weighted by atomic mass is 10.1. The van der Waals surface area contributed by atoms with Gasteiger partial charge in [-0.2, -0.15) is 0 Å². The Balaban J connectivity index is 1.92. The van der Waals surface area contributed by atoms with Crippen molar-refractivity contribution in [3.05, 3.63) is 35.9 Å². The highest BCUT2D eigenvalue weighted by atomic mass is 79.9. The van der Waals surface area contributed by atoms with Crippen molar-refractivity contribution in [2.24, 2.45) is 0 Å². The molecule has 3 unspecified atom stereocenters. The van der Waals surface area contributed by atoms with E-state index in [9.17, 15) is 4.79 Å². The van der Waals surface area contributed by atoms with Gasteiger partial charge in [-0.25, -0.2) is 4.79 Å². The van der Waals surface area contributed by atoms with Gasteiger partial charge in [0.05, 0.1) is 23.6 Å². The molecular weight excluding hydrogens is 346 g/mol. The molecule has 0 aromatic heterocycles. The molecule has 2 rings (SSSR count). The molecule has 1 aliphatic rings. The van der Waals surface area contributed by atoms with Gasteiger partial charge in [-0.05, 0) is 33.3 Å². The number of halogens is 1. The van der Waals surface area contributed by atoms with E-state index in [-0.39, 0.29) is 23.1 Å². The molecule has 1 aliphatic heterocycles. The lowest BCUT2D eigenvalue weighted by Crippen LogP contribution is -2.36. The number of carbonyl (C=O) groups excluding carboxylic acids is 1. The molecule has 1 fully saturated rings. The van der Waals surface area contributed by atoms with E-state index in [4.69, 9.17) is 9.47 Å². The summed E-state index contributed by atoms with van der Waals surface area (Å²) < 4.78 is 11.5. The van der Waals surface area contributed by atoms with Crippen LogP contribution in [0.5, 0.6) is 0 Å². The molecule has 1 aromatic carbocycles. The first-order chi connectivity index (χ1) is 10.3. The summed E-state index contributed by atoms with van der Waals surface area (Å²) in [5, 5.41) is 0. The minimum atomic E-state index is -0.477. The second kappa shape index (κ2) is 7.01. The van der Waals surface area contributed by atoms with Crippen LogP contribution in [0, 0.1) is 0 Å². The zero-order valence-electron chi connectivity index (χ0n) is 13.6. The van der Waals surface area contributed by atoms with Crippen molar-refractivity contribution in [3.8, 4) is 0 Å². The minimum absolute atomic E-state index is 0.00941. The van der Waals surface area contributed by atoms with Crippen LogP contribution in [0.4, 0.5) is 4.79 Å². The van der Waals surface area contributed by atoms with Gasteiger partial charge in [0.25, 0.3) is 0 Å². The van der Waals surface area contributed by atoms with Crippen LogP contribution in [-0.2, 0) is 9.47 Å². The average molecular weight is 370 g/mol. The van der Waals surface area contributed by atoms with E-state index in [1.54, 1.807) is 4.90 Å². The first kappa shape index (κ1) is 17.3. The van der Waals surface area contributed by atoms with Crippen LogP contribution >= 0.6 is 15.9 Å². The predicted molar refractivity (Wildman–Crippen MR) is 90.3 cm³/mol. The van der Waals surface area contributed by atoms with Gasteiger partial charge in [0.1, 0.15) is 5.60 Å². The molecule has 1 amide bonds. The number of benzene rings is 1. The van der Waals surface area contributed by atoms with Crippen molar-refractivity contribution in [1.82, 2.24) is 4.90 Å². The Bertz CT molecular complexity index is 500. The minimum Gasteiger partial charge on any atom is -0.444 e. The van der Waals surface area contributed by atoms with Crippen molar-refractivity contribution < 1.29 is 14.3 Å². The molecule has 1 heterocycles. The van der Waals surface area contributed by atoms with Crippen LogP contribution in [0.3, 0.4) is 0 Å². The molecule has 0 radical (unpaired) electrons. The largest absolute Gasteiger partial charge is 0.444 e. The number of carbonyl (C=O) groups is 1. The number of hydrogen-bond acceptors (Lipinski definition) is 3. The van der Waals surface area contributed by atoms with E-state index >= 15 is 0 Å². The maximum absolute atomic E-state index is 12.1. The first-order valence-electron chi connectivity index (χ1n) is 7.58. The molecule has 0 spiro atoms. The molecule has 1 aromatic rings. The molecular formula is C17H24BrNO3. The Morgan fingerprint density at radius 1 is 1.27 bits per heavy atom. The molecule has 0 N–H and O–H groups in total. The van der Waals surface area contributed by atoms with Crippen LogP contribution in [-0.4, -0.2) is 40.6 Å². The summed E-state index contributed by atoms with van der Waals surface area (Å²) in [5.74, 6) is 0. The Labute approximate surface area is 140 Å². The summed E-state index contributed by atoms with van der Waals surface area (Å²) in [7, 11) is 0. The number of nitrogens with zero attached hydrogens (tertiary/aromatic N) is 1. The van der Waals surface area contributed by atoms with Crippen LogP contribution in [0.1, 0.15) is 39.4 Å². The fourth-order valence-electron chi connectivity index (χ4n) is 2.40. The third-order valence-corrected chi connectivity index (χ3v) is 4.38. The normalized spacial score (nSPS) is 23.4. The van der Waals surface area contributed by atoms with Gasteiger partial charge < -0.3 is 14.4 Å². The molecule has 0 saturated carbocycles. The lowest BCUT2D eigenvalue weighted by Gasteiger charge is -2.24.